The monoisotopic (exact) mass is 185 g/mol. The zero-order valence-electron chi connectivity index (χ0n) is 6.89. The molecule has 1 N–H and O–H groups in total. The van der Waals surface area contributed by atoms with E-state index in [4.69, 9.17) is 4.74 Å². The van der Waals surface area contributed by atoms with Gasteiger partial charge in [0.15, 0.2) is 11.6 Å². The van der Waals surface area contributed by atoms with Gasteiger partial charge < -0.3 is 4.74 Å². The van der Waals surface area contributed by atoms with Crippen LogP contribution < -0.4 is 5.32 Å². The lowest BCUT2D eigenvalue weighted by Gasteiger charge is -2.09. The predicted molar refractivity (Wildman–Crippen MR) is 43.1 cm³/mol. The first kappa shape index (κ1) is 8.59. The molecule has 0 aromatic heterocycles. The number of rotatable bonds is 1. The van der Waals surface area contributed by atoms with E-state index in [1.165, 1.54) is 6.07 Å². The Balaban J connectivity index is 2.25. The van der Waals surface area contributed by atoms with Crippen molar-refractivity contribution < 1.29 is 13.5 Å². The number of hydrogen-bond donors (Lipinski definition) is 1. The number of benzene rings is 1. The summed E-state index contributed by atoms with van der Waals surface area (Å²) >= 11 is 0. The summed E-state index contributed by atoms with van der Waals surface area (Å²) in [6, 6.07) is 3.77. The average Bonchev–Trinajstić information content (AvgIpc) is 2.62. The maximum Gasteiger partial charge on any atom is 0.159 e. The Morgan fingerprint density at radius 1 is 1.31 bits per heavy atom. The highest BCUT2D eigenvalue weighted by Crippen LogP contribution is 2.19. The number of nitrogens with one attached hydrogen (secondary N) is 1. The zero-order chi connectivity index (χ0) is 9.26. The second kappa shape index (κ2) is 3.40. The summed E-state index contributed by atoms with van der Waals surface area (Å²) in [5, 5.41) is 3.01. The molecule has 1 heterocycles. The first-order valence-corrected chi connectivity index (χ1v) is 4.07. The summed E-state index contributed by atoms with van der Waals surface area (Å²) in [6.45, 7) is 1.34. The Bertz CT molecular complexity index is 310. The third-order valence-corrected chi connectivity index (χ3v) is 1.96. The summed E-state index contributed by atoms with van der Waals surface area (Å²) in [6.07, 6.45) is -0.296. The zero-order valence-corrected chi connectivity index (χ0v) is 6.89. The molecule has 2 nitrogen and oxygen atoms in total. The van der Waals surface area contributed by atoms with Crippen LogP contribution in [-0.2, 0) is 4.74 Å². The topological polar surface area (TPSA) is 21.3 Å². The molecule has 1 aliphatic heterocycles. The molecule has 0 spiro atoms. The fraction of sp³-hybridized carbons (Fsp3) is 0.333. The van der Waals surface area contributed by atoms with E-state index in [1.54, 1.807) is 0 Å². The SMILES string of the molecule is Fc1ccc(C2NCCO2)cc1F. The van der Waals surface area contributed by atoms with Gasteiger partial charge in [0.05, 0.1) is 6.61 Å². The molecule has 2 rings (SSSR count). The molecule has 0 saturated carbocycles. The Morgan fingerprint density at radius 2 is 2.15 bits per heavy atom. The Kier molecular flexibility index (Phi) is 2.24. The normalized spacial score (nSPS) is 22.2. The van der Waals surface area contributed by atoms with E-state index in [2.05, 4.69) is 5.32 Å². The maximum absolute atomic E-state index is 12.8. The smallest absolute Gasteiger partial charge is 0.159 e. The molecule has 1 aliphatic rings. The molecule has 13 heavy (non-hydrogen) atoms. The largest absolute Gasteiger partial charge is 0.358 e. The highest BCUT2D eigenvalue weighted by molar-refractivity contribution is 5.20. The Morgan fingerprint density at radius 3 is 2.77 bits per heavy atom. The number of ether oxygens (including phenoxy) is 1. The van der Waals surface area contributed by atoms with Gasteiger partial charge in [0.2, 0.25) is 0 Å². The lowest BCUT2D eigenvalue weighted by molar-refractivity contribution is 0.102. The molecule has 70 valence electrons. The van der Waals surface area contributed by atoms with Gasteiger partial charge in [0, 0.05) is 6.54 Å². The van der Waals surface area contributed by atoms with Crippen molar-refractivity contribution in [2.75, 3.05) is 13.2 Å². The lowest BCUT2D eigenvalue weighted by Crippen LogP contribution is -2.14. The van der Waals surface area contributed by atoms with E-state index in [-0.39, 0.29) is 6.23 Å². The van der Waals surface area contributed by atoms with Crippen molar-refractivity contribution in [2.24, 2.45) is 0 Å². The molecule has 0 aliphatic carbocycles. The molecule has 1 aromatic carbocycles. The summed E-state index contributed by atoms with van der Waals surface area (Å²) in [4.78, 5) is 0. The van der Waals surface area contributed by atoms with Gasteiger partial charge in [-0.05, 0) is 17.7 Å². The van der Waals surface area contributed by atoms with Crippen molar-refractivity contribution in [3.8, 4) is 0 Å². The van der Waals surface area contributed by atoms with Crippen molar-refractivity contribution in [3.05, 3.63) is 35.4 Å². The summed E-state index contributed by atoms with van der Waals surface area (Å²) in [5.74, 6) is -1.67. The second-order valence-electron chi connectivity index (χ2n) is 2.88. The van der Waals surface area contributed by atoms with Gasteiger partial charge in [-0.2, -0.15) is 0 Å². The van der Waals surface area contributed by atoms with Crippen LogP contribution in [-0.4, -0.2) is 13.2 Å². The lowest BCUT2D eigenvalue weighted by atomic mass is 10.2. The van der Waals surface area contributed by atoms with E-state index in [1.807, 2.05) is 0 Å². The van der Waals surface area contributed by atoms with Gasteiger partial charge in [0.25, 0.3) is 0 Å². The van der Waals surface area contributed by atoms with Crippen LogP contribution in [0, 0.1) is 11.6 Å². The second-order valence-corrected chi connectivity index (χ2v) is 2.88. The van der Waals surface area contributed by atoms with Crippen molar-refractivity contribution in [1.82, 2.24) is 5.32 Å². The van der Waals surface area contributed by atoms with Crippen molar-refractivity contribution in [1.29, 1.82) is 0 Å². The molecule has 1 aromatic rings. The fourth-order valence-corrected chi connectivity index (χ4v) is 1.32. The van der Waals surface area contributed by atoms with E-state index in [0.717, 1.165) is 18.7 Å². The van der Waals surface area contributed by atoms with Crippen molar-refractivity contribution >= 4 is 0 Å². The molecule has 1 saturated heterocycles. The van der Waals surface area contributed by atoms with Gasteiger partial charge in [-0.1, -0.05) is 6.07 Å². The number of halogens is 2. The fourth-order valence-electron chi connectivity index (χ4n) is 1.32. The van der Waals surface area contributed by atoms with Crippen LogP contribution in [0.25, 0.3) is 0 Å². The molecular formula is C9H9F2NO. The maximum atomic E-state index is 12.8. The summed E-state index contributed by atoms with van der Waals surface area (Å²) in [7, 11) is 0. The molecule has 0 radical (unpaired) electrons. The van der Waals surface area contributed by atoms with Crippen LogP contribution in [0.1, 0.15) is 11.8 Å². The molecule has 0 amide bonds. The minimum Gasteiger partial charge on any atom is -0.358 e. The van der Waals surface area contributed by atoms with E-state index >= 15 is 0 Å². The van der Waals surface area contributed by atoms with E-state index in [9.17, 15) is 8.78 Å². The molecule has 1 unspecified atom stereocenters. The minimum absolute atomic E-state index is 0.296. The van der Waals surface area contributed by atoms with Crippen molar-refractivity contribution in [3.63, 3.8) is 0 Å². The molecular weight excluding hydrogens is 176 g/mol. The average molecular weight is 185 g/mol. The molecule has 1 fully saturated rings. The third kappa shape index (κ3) is 1.68. The van der Waals surface area contributed by atoms with Gasteiger partial charge in [-0.25, -0.2) is 8.78 Å². The Hall–Kier alpha value is -1.00. The highest BCUT2D eigenvalue weighted by Gasteiger charge is 2.17. The van der Waals surface area contributed by atoms with E-state index < -0.39 is 11.6 Å². The molecule has 1 atom stereocenters. The van der Waals surface area contributed by atoms with Crippen LogP contribution in [0.3, 0.4) is 0 Å². The van der Waals surface area contributed by atoms with Gasteiger partial charge in [0.1, 0.15) is 6.23 Å². The Labute approximate surface area is 74.5 Å². The molecule has 0 bridgehead atoms. The molecule has 4 heteroatoms. The van der Waals surface area contributed by atoms with E-state index in [0.29, 0.717) is 12.2 Å². The van der Waals surface area contributed by atoms with Crippen LogP contribution in [0.15, 0.2) is 18.2 Å². The standard InChI is InChI=1S/C9H9F2NO/c10-7-2-1-6(5-8(7)11)9-12-3-4-13-9/h1-2,5,9,12H,3-4H2. The third-order valence-electron chi connectivity index (χ3n) is 1.96. The number of hydrogen-bond acceptors (Lipinski definition) is 2. The van der Waals surface area contributed by atoms with Crippen LogP contribution in [0.2, 0.25) is 0 Å². The first-order chi connectivity index (χ1) is 6.27. The highest BCUT2D eigenvalue weighted by atomic mass is 19.2. The van der Waals surface area contributed by atoms with Crippen LogP contribution >= 0.6 is 0 Å². The first-order valence-electron chi connectivity index (χ1n) is 4.07. The van der Waals surface area contributed by atoms with Crippen molar-refractivity contribution in [2.45, 2.75) is 6.23 Å². The summed E-state index contributed by atoms with van der Waals surface area (Å²) in [5.41, 5.74) is 0.622. The van der Waals surface area contributed by atoms with Gasteiger partial charge in [-0.15, -0.1) is 0 Å². The van der Waals surface area contributed by atoms with Gasteiger partial charge >= 0.3 is 0 Å². The van der Waals surface area contributed by atoms with Gasteiger partial charge in [-0.3, -0.25) is 5.32 Å². The summed E-state index contributed by atoms with van der Waals surface area (Å²) < 4.78 is 30.6. The quantitative estimate of drug-likeness (QED) is 0.717. The van der Waals surface area contributed by atoms with Crippen LogP contribution in [0.4, 0.5) is 8.78 Å². The van der Waals surface area contributed by atoms with Crippen LogP contribution in [0.5, 0.6) is 0 Å². The predicted octanol–water partition coefficient (Wildman–Crippen LogP) is 1.58. The minimum atomic E-state index is -0.838.